The summed E-state index contributed by atoms with van der Waals surface area (Å²) in [6, 6.07) is 9.42. The molecule has 0 aliphatic carbocycles. The molecule has 1 aromatic heterocycles. The molecule has 25 heavy (non-hydrogen) atoms. The minimum Gasteiger partial charge on any atom is -0.321 e. The van der Waals surface area contributed by atoms with Crippen LogP contribution < -0.4 is 0 Å². The molecule has 6 nitrogen and oxygen atoms in total. The van der Waals surface area contributed by atoms with Crippen LogP contribution in [0.25, 0.3) is 6.08 Å². The number of sulfonamides is 1. The first-order chi connectivity index (χ1) is 12.0. The predicted molar refractivity (Wildman–Crippen MR) is 99.5 cm³/mol. The van der Waals surface area contributed by atoms with Crippen LogP contribution in [-0.2, 0) is 23.6 Å². The molecule has 8 heteroatoms. The van der Waals surface area contributed by atoms with Crippen molar-refractivity contribution < 1.29 is 8.42 Å². The summed E-state index contributed by atoms with van der Waals surface area (Å²) in [6.07, 6.45) is 3.27. The number of halogens is 1. The van der Waals surface area contributed by atoms with E-state index in [1.54, 1.807) is 12.3 Å². The second kappa shape index (κ2) is 7.70. The van der Waals surface area contributed by atoms with Crippen LogP contribution in [0.3, 0.4) is 0 Å². The van der Waals surface area contributed by atoms with E-state index in [1.165, 1.54) is 9.71 Å². The molecule has 1 aliphatic heterocycles. The van der Waals surface area contributed by atoms with E-state index in [2.05, 4.69) is 9.88 Å². The number of nitrogens with zero attached hydrogens (tertiary/aromatic N) is 4. The molecule has 0 atom stereocenters. The number of aromatic nitrogens is 2. The van der Waals surface area contributed by atoms with Gasteiger partial charge in [0.2, 0.25) is 10.0 Å². The molecule has 1 aliphatic rings. The molecule has 1 fully saturated rings. The van der Waals surface area contributed by atoms with E-state index in [0.717, 1.165) is 11.4 Å². The van der Waals surface area contributed by atoms with E-state index in [1.807, 2.05) is 41.9 Å². The zero-order valence-electron chi connectivity index (χ0n) is 14.0. The summed E-state index contributed by atoms with van der Waals surface area (Å²) in [5, 5.41) is 1.89. The van der Waals surface area contributed by atoms with Gasteiger partial charge in [0.15, 0.2) is 0 Å². The Balaban J connectivity index is 1.58. The van der Waals surface area contributed by atoms with Crippen molar-refractivity contribution in [1.29, 1.82) is 0 Å². The number of rotatable bonds is 5. The molecule has 134 valence electrons. The highest BCUT2D eigenvalue weighted by molar-refractivity contribution is 7.92. The zero-order chi connectivity index (χ0) is 17.9. The third-order valence-corrected chi connectivity index (χ3v) is 6.23. The minimum atomic E-state index is -3.40. The number of benzene rings is 1. The Morgan fingerprint density at radius 3 is 2.44 bits per heavy atom. The van der Waals surface area contributed by atoms with Crippen molar-refractivity contribution in [3.8, 4) is 0 Å². The van der Waals surface area contributed by atoms with Gasteiger partial charge in [0, 0.05) is 38.6 Å². The Labute approximate surface area is 153 Å². The number of piperazine rings is 1. The molecule has 0 amide bonds. The van der Waals surface area contributed by atoms with E-state index in [4.69, 9.17) is 11.6 Å². The van der Waals surface area contributed by atoms with Crippen molar-refractivity contribution in [3.63, 3.8) is 0 Å². The predicted octanol–water partition coefficient (Wildman–Crippen LogP) is 2.19. The fourth-order valence-electron chi connectivity index (χ4n) is 2.73. The highest BCUT2D eigenvalue weighted by Crippen LogP contribution is 2.15. The molecule has 0 spiro atoms. The van der Waals surface area contributed by atoms with Crippen molar-refractivity contribution in [2.45, 2.75) is 6.54 Å². The van der Waals surface area contributed by atoms with E-state index in [0.29, 0.717) is 37.9 Å². The Bertz CT molecular complexity index is 841. The molecule has 2 aromatic rings. The summed E-state index contributed by atoms with van der Waals surface area (Å²) in [7, 11) is -1.52. The van der Waals surface area contributed by atoms with Crippen LogP contribution in [0, 0.1) is 0 Å². The molecule has 0 saturated carbocycles. The van der Waals surface area contributed by atoms with Gasteiger partial charge in [-0.05, 0) is 11.6 Å². The smallest absolute Gasteiger partial charge is 0.236 e. The van der Waals surface area contributed by atoms with Gasteiger partial charge in [0.1, 0.15) is 11.0 Å². The van der Waals surface area contributed by atoms with Crippen molar-refractivity contribution in [2.75, 3.05) is 26.2 Å². The van der Waals surface area contributed by atoms with E-state index < -0.39 is 10.0 Å². The van der Waals surface area contributed by atoms with E-state index in [-0.39, 0.29) is 0 Å². The van der Waals surface area contributed by atoms with Gasteiger partial charge in [-0.2, -0.15) is 4.31 Å². The SMILES string of the molecule is Cn1c(Cl)cnc1CN1CCN(S(=O)(=O)C=Cc2ccccc2)CC1. The highest BCUT2D eigenvalue weighted by Gasteiger charge is 2.25. The van der Waals surface area contributed by atoms with Gasteiger partial charge in [-0.25, -0.2) is 13.4 Å². The molecule has 1 saturated heterocycles. The van der Waals surface area contributed by atoms with Crippen LogP contribution in [0.15, 0.2) is 41.9 Å². The highest BCUT2D eigenvalue weighted by atomic mass is 35.5. The van der Waals surface area contributed by atoms with Gasteiger partial charge in [0.05, 0.1) is 12.7 Å². The number of hydrogen-bond donors (Lipinski definition) is 0. The molecular formula is C17H21ClN4O2S. The average molecular weight is 381 g/mol. The second-order valence-electron chi connectivity index (χ2n) is 5.99. The lowest BCUT2D eigenvalue weighted by atomic mass is 10.2. The molecule has 0 unspecified atom stereocenters. The summed E-state index contributed by atoms with van der Waals surface area (Å²) in [4.78, 5) is 6.47. The van der Waals surface area contributed by atoms with Crippen LogP contribution in [0.1, 0.15) is 11.4 Å². The van der Waals surface area contributed by atoms with Gasteiger partial charge in [-0.3, -0.25) is 4.90 Å². The molecule has 0 bridgehead atoms. The lowest BCUT2D eigenvalue weighted by Gasteiger charge is -2.33. The van der Waals surface area contributed by atoms with Crippen LogP contribution in [0.4, 0.5) is 0 Å². The van der Waals surface area contributed by atoms with Crippen LogP contribution >= 0.6 is 11.6 Å². The molecule has 3 rings (SSSR count). The lowest BCUT2D eigenvalue weighted by Crippen LogP contribution is -2.47. The first-order valence-electron chi connectivity index (χ1n) is 8.07. The summed E-state index contributed by atoms with van der Waals surface area (Å²) in [6.45, 7) is 2.95. The van der Waals surface area contributed by atoms with Crippen molar-refractivity contribution in [2.24, 2.45) is 7.05 Å². The number of hydrogen-bond acceptors (Lipinski definition) is 4. The normalized spacial score (nSPS) is 17.4. The first-order valence-corrected chi connectivity index (χ1v) is 9.95. The standard InChI is InChI=1S/C17H21ClN4O2S/c1-20-16(18)13-19-17(20)14-21-8-10-22(11-9-21)25(23,24)12-7-15-5-3-2-4-6-15/h2-7,12-13H,8-11,14H2,1H3. The third-order valence-electron chi connectivity index (χ3n) is 4.32. The van der Waals surface area contributed by atoms with Gasteiger partial charge < -0.3 is 4.57 Å². The zero-order valence-corrected chi connectivity index (χ0v) is 15.6. The quantitative estimate of drug-likeness (QED) is 0.797. The topological polar surface area (TPSA) is 58.4 Å². The van der Waals surface area contributed by atoms with Gasteiger partial charge >= 0.3 is 0 Å². The monoisotopic (exact) mass is 380 g/mol. The Hall–Kier alpha value is -1.67. The van der Waals surface area contributed by atoms with Crippen molar-refractivity contribution in [1.82, 2.24) is 18.8 Å². The van der Waals surface area contributed by atoms with Crippen LogP contribution in [0.5, 0.6) is 0 Å². The summed E-state index contributed by atoms with van der Waals surface area (Å²) < 4.78 is 28.3. The second-order valence-corrected chi connectivity index (χ2v) is 8.20. The van der Waals surface area contributed by atoms with Crippen molar-refractivity contribution >= 4 is 27.7 Å². The molecule has 0 radical (unpaired) electrons. The lowest BCUT2D eigenvalue weighted by molar-refractivity contribution is 0.178. The Morgan fingerprint density at radius 1 is 1.16 bits per heavy atom. The van der Waals surface area contributed by atoms with Gasteiger partial charge in [-0.1, -0.05) is 41.9 Å². The molecule has 1 aromatic carbocycles. The van der Waals surface area contributed by atoms with E-state index in [9.17, 15) is 8.42 Å². The Kier molecular flexibility index (Phi) is 5.58. The van der Waals surface area contributed by atoms with Crippen molar-refractivity contribution in [3.05, 3.63) is 58.5 Å². The molecule has 2 heterocycles. The summed E-state index contributed by atoms with van der Waals surface area (Å²) >= 11 is 6.00. The molecule has 0 N–H and O–H groups in total. The average Bonchev–Trinajstić information content (AvgIpc) is 2.94. The van der Waals surface area contributed by atoms with Gasteiger partial charge in [0.25, 0.3) is 0 Å². The Morgan fingerprint density at radius 2 is 1.84 bits per heavy atom. The first kappa shape index (κ1) is 18.1. The maximum atomic E-state index is 12.5. The fraction of sp³-hybridized carbons (Fsp3) is 0.353. The maximum Gasteiger partial charge on any atom is 0.236 e. The van der Waals surface area contributed by atoms with Crippen LogP contribution in [-0.4, -0.2) is 53.4 Å². The van der Waals surface area contributed by atoms with Crippen LogP contribution in [0.2, 0.25) is 5.15 Å². The largest absolute Gasteiger partial charge is 0.321 e. The maximum absolute atomic E-state index is 12.5. The number of imidazole rings is 1. The fourth-order valence-corrected chi connectivity index (χ4v) is 4.05. The van der Waals surface area contributed by atoms with Gasteiger partial charge in [-0.15, -0.1) is 0 Å². The summed E-state index contributed by atoms with van der Waals surface area (Å²) in [5.41, 5.74) is 0.872. The minimum absolute atomic E-state index is 0.472. The van der Waals surface area contributed by atoms with E-state index >= 15 is 0 Å². The third kappa shape index (κ3) is 4.49. The molecular weight excluding hydrogens is 360 g/mol. The summed E-state index contributed by atoms with van der Waals surface area (Å²) in [5.74, 6) is 0.880.